The minimum absolute atomic E-state index is 0.0745. The number of carbonyl (C=O) groups excluding carboxylic acids is 1. The molecule has 0 saturated carbocycles. The predicted molar refractivity (Wildman–Crippen MR) is 86.7 cm³/mol. The lowest BCUT2D eigenvalue weighted by Gasteiger charge is -2.34. The maximum Gasteiger partial charge on any atom is 0.289 e. The molecule has 1 aliphatic rings. The molecule has 23 heavy (non-hydrogen) atoms. The number of piperazine rings is 1. The highest BCUT2D eigenvalue weighted by atomic mass is 19.1. The van der Waals surface area contributed by atoms with Crippen LogP contribution < -0.4 is 0 Å². The number of furan rings is 1. The lowest BCUT2D eigenvalue weighted by atomic mass is 10.2. The van der Waals surface area contributed by atoms with E-state index in [4.69, 9.17) is 4.42 Å². The van der Waals surface area contributed by atoms with E-state index in [0.29, 0.717) is 11.5 Å². The van der Waals surface area contributed by atoms with Gasteiger partial charge in [0.05, 0.1) is 0 Å². The van der Waals surface area contributed by atoms with Gasteiger partial charge in [0, 0.05) is 31.7 Å². The van der Waals surface area contributed by atoms with Crippen molar-refractivity contribution in [1.29, 1.82) is 0 Å². The first-order valence-corrected chi connectivity index (χ1v) is 8.05. The van der Waals surface area contributed by atoms with Gasteiger partial charge in [-0.25, -0.2) is 4.39 Å². The zero-order chi connectivity index (χ0) is 16.2. The van der Waals surface area contributed by atoms with Gasteiger partial charge >= 0.3 is 0 Å². The molecule has 122 valence electrons. The van der Waals surface area contributed by atoms with Gasteiger partial charge in [-0.05, 0) is 49.4 Å². The van der Waals surface area contributed by atoms with E-state index in [0.717, 1.165) is 44.7 Å². The second kappa shape index (κ2) is 6.96. The van der Waals surface area contributed by atoms with E-state index < -0.39 is 0 Å². The molecule has 2 aromatic rings. The number of halogens is 1. The molecule has 3 rings (SSSR count). The summed E-state index contributed by atoms with van der Waals surface area (Å²) in [7, 11) is 0. The molecule has 1 aromatic carbocycles. The summed E-state index contributed by atoms with van der Waals surface area (Å²) in [5.41, 5.74) is 0.762. The van der Waals surface area contributed by atoms with Gasteiger partial charge < -0.3 is 9.32 Å². The molecule has 1 saturated heterocycles. The van der Waals surface area contributed by atoms with Crippen LogP contribution in [0, 0.1) is 5.82 Å². The molecule has 0 radical (unpaired) electrons. The molecule has 1 aliphatic heterocycles. The van der Waals surface area contributed by atoms with Crippen molar-refractivity contribution in [2.24, 2.45) is 0 Å². The lowest BCUT2D eigenvalue weighted by Crippen LogP contribution is -2.48. The second-order valence-electron chi connectivity index (χ2n) is 5.80. The number of rotatable bonds is 4. The van der Waals surface area contributed by atoms with Crippen LogP contribution in [-0.4, -0.2) is 48.4 Å². The number of nitrogens with zero attached hydrogens (tertiary/aromatic N) is 2. The largest absolute Gasteiger partial charge is 0.451 e. The third kappa shape index (κ3) is 3.62. The van der Waals surface area contributed by atoms with Crippen molar-refractivity contribution in [1.82, 2.24) is 9.80 Å². The highest BCUT2D eigenvalue weighted by Crippen LogP contribution is 2.23. The van der Waals surface area contributed by atoms with Gasteiger partial charge in [0.15, 0.2) is 5.76 Å². The van der Waals surface area contributed by atoms with Crippen LogP contribution >= 0.6 is 0 Å². The van der Waals surface area contributed by atoms with E-state index >= 15 is 0 Å². The monoisotopic (exact) mass is 316 g/mol. The quantitative estimate of drug-likeness (QED) is 0.869. The molecular weight excluding hydrogens is 295 g/mol. The summed E-state index contributed by atoms with van der Waals surface area (Å²) in [6.07, 6.45) is 1.13. The average molecular weight is 316 g/mol. The van der Waals surface area contributed by atoms with E-state index in [1.54, 1.807) is 24.3 Å². The Morgan fingerprint density at radius 1 is 1.09 bits per heavy atom. The highest BCUT2D eigenvalue weighted by molar-refractivity contribution is 5.92. The van der Waals surface area contributed by atoms with Gasteiger partial charge in [0.25, 0.3) is 5.91 Å². The summed E-state index contributed by atoms with van der Waals surface area (Å²) in [5, 5.41) is 0. The molecule has 2 heterocycles. The Morgan fingerprint density at radius 3 is 2.43 bits per heavy atom. The normalized spacial score (nSPS) is 15.8. The predicted octanol–water partition coefficient (Wildman–Crippen LogP) is 3.25. The Balaban J connectivity index is 1.66. The fourth-order valence-electron chi connectivity index (χ4n) is 2.87. The van der Waals surface area contributed by atoms with Crippen LogP contribution in [0.4, 0.5) is 4.39 Å². The topological polar surface area (TPSA) is 36.7 Å². The van der Waals surface area contributed by atoms with E-state index in [1.165, 1.54) is 12.1 Å². The smallest absolute Gasteiger partial charge is 0.289 e. The van der Waals surface area contributed by atoms with Crippen molar-refractivity contribution in [3.8, 4) is 11.3 Å². The maximum absolute atomic E-state index is 13.0. The molecule has 0 atom stereocenters. The summed E-state index contributed by atoms with van der Waals surface area (Å²) in [6.45, 7) is 6.52. The van der Waals surface area contributed by atoms with Crippen LogP contribution in [0.5, 0.6) is 0 Å². The third-order valence-corrected chi connectivity index (χ3v) is 4.14. The van der Waals surface area contributed by atoms with Gasteiger partial charge in [-0.2, -0.15) is 0 Å². The minimum atomic E-state index is -0.290. The Kier molecular flexibility index (Phi) is 4.76. The first kappa shape index (κ1) is 15.7. The fourth-order valence-corrected chi connectivity index (χ4v) is 2.87. The van der Waals surface area contributed by atoms with E-state index in [9.17, 15) is 9.18 Å². The highest BCUT2D eigenvalue weighted by Gasteiger charge is 2.24. The van der Waals surface area contributed by atoms with Crippen LogP contribution in [0.25, 0.3) is 11.3 Å². The Bertz CT molecular complexity index is 658. The van der Waals surface area contributed by atoms with Crippen molar-refractivity contribution in [3.05, 3.63) is 48.0 Å². The zero-order valence-electron chi connectivity index (χ0n) is 13.3. The van der Waals surface area contributed by atoms with Gasteiger partial charge in [-0.15, -0.1) is 0 Å². The van der Waals surface area contributed by atoms with Gasteiger partial charge in [-0.1, -0.05) is 6.92 Å². The number of benzene rings is 1. The summed E-state index contributed by atoms with van der Waals surface area (Å²) < 4.78 is 18.6. The Morgan fingerprint density at radius 2 is 1.78 bits per heavy atom. The van der Waals surface area contributed by atoms with E-state index in [1.807, 2.05) is 4.90 Å². The van der Waals surface area contributed by atoms with Crippen molar-refractivity contribution in [2.75, 3.05) is 32.7 Å². The molecule has 1 amide bonds. The minimum Gasteiger partial charge on any atom is -0.451 e. The van der Waals surface area contributed by atoms with Crippen LogP contribution in [0.2, 0.25) is 0 Å². The summed E-state index contributed by atoms with van der Waals surface area (Å²) in [4.78, 5) is 16.7. The van der Waals surface area contributed by atoms with Crippen LogP contribution in [0.15, 0.2) is 40.8 Å². The number of hydrogen-bond donors (Lipinski definition) is 0. The number of hydrogen-bond acceptors (Lipinski definition) is 3. The molecule has 0 bridgehead atoms. The fraction of sp³-hybridized carbons (Fsp3) is 0.389. The maximum atomic E-state index is 13.0. The average Bonchev–Trinajstić information content (AvgIpc) is 3.06. The SMILES string of the molecule is CCCN1CCN(C(=O)c2ccc(-c3ccc(F)cc3)o2)CC1. The van der Waals surface area contributed by atoms with Gasteiger partial charge in [-0.3, -0.25) is 9.69 Å². The Hall–Kier alpha value is -2.14. The van der Waals surface area contributed by atoms with E-state index in [-0.39, 0.29) is 11.7 Å². The van der Waals surface area contributed by atoms with Crippen molar-refractivity contribution in [2.45, 2.75) is 13.3 Å². The molecule has 0 unspecified atom stereocenters. The first-order chi connectivity index (χ1) is 11.2. The summed E-state index contributed by atoms with van der Waals surface area (Å²) in [6, 6.07) is 9.50. The molecule has 4 nitrogen and oxygen atoms in total. The van der Waals surface area contributed by atoms with Gasteiger partial charge in [0.2, 0.25) is 0 Å². The van der Waals surface area contributed by atoms with Crippen LogP contribution in [0.3, 0.4) is 0 Å². The molecule has 5 heteroatoms. The Labute approximate surface area is 135 Å². The lowest BCUT2D eigenvalue weighted by molar-refractivity contribution is 0.0607. The standard InChI is InChI=1S/C18H21FN2O2/c1-2-9-20-10-12-21(13-11-20)18(22)17-8-7-16(23-17)14-3-5-15(19)6-4-14/h3-8H,2,9-13H2,1H3. The number of carbonyl (C=O) groups is 1. The second-order valence-corrected chi connectivity index (χ2v) is 5.80. The van der Waals surface area contributed by atoms with Crippen molar-refractivity contribution in [3.63, 3.8) is 0 Å². The summed E-state index contributed by atoms with van der Waals surface area (Å²) in [5.74, 6) is 0.558. The molecular formula is C18H21FN2O2. The molecule has 0 aliphatic carbocycles. The van der Waals surface area contributed by atoms with Crippen LogP contribution in [0.1, 0.15) is 23.9 Å². The van der Waals surface area contributed by atoms with Crippen LogP contribution in [-0.2, 0) is 0 Å². The van der Waals surface area contributed by atoms with Crippen molar-refractivity contribution < 1.29 is 13.6 Å². The molecule has 1 aromatic heterocycles. The molecule has 0 spiro atoms. The van der Waals surface area contributed by atoms with E-state index in [2.05, 4.69) is 11.8 Å². The number of amides is 1. The van der Waals surface area contributed by atoms with Gasteiger partial charge in [0.1, 0.15) is 11.6 Å². The zero-order valence-corrected chi connectivity index (χ0v) is 13.3. The van der Waals surface area contributed by atoms with Crippen molar-refractivity contribution >= 4 is 5.91 Å². The first-order valence-electron chi connectivity index (χ1n) is 8.05. The molecule has 0 N–H and O–H groups in total. The third-order valence-electron chi connectivity index (χ3n) is 4.14. The molecule has 1 fully saturated rings. The summed E-state index contributed by atoms with van der Waals surface area (Å²) >= 11 is 0.